The molecule has 0 aliphatic carbocycles. The lowest BCUT2D eigenvalue weighted by Gasteiger charge is -2.22. The third kappa shape index (κ3) is 3.40. The van der Waals surface area contributed by atoms with Crippen LogP contribution in [0.1, 0.15) is 30.8 Å². The minimum absolute atomic E-state index is 0.198. The molecule has 0 bridgehead atoms. The van der Waals surface area contributed by atoms with Crippen molar-refractivity contribution >= 4 is 23.3 Å². The number of likely N-dealkylation sites (N-methyl/N-ethyl adjacent to an activating group) is 1. The fraction of sp³-hybridized carbons (Fsp3) is 0.500. The maximum atomic E-state index is 12.8. The molecule has 0 radical (unpaired) electrons. The van der Waals surface area contributed by atoms with Crippen LogP contribution >= 0.6 is 11.6 Å². The maximum absolute atomic E-state index is 12.8. The molecule has 10 heteroatoms. The highest BCUT2D eigenvalue weighted by Crippen LogP contribution is 2.22. The molecule has 2 aromatic rings. The van der Waals surface area contributed by atoms with Gasteiger partial charge in [-0.05, 0) is 18.3 Å². The van der Waals surface area contributed by atoms with Crippen LogP contribution in [-0.2, 0) is 18.4 Å². The van der Waals surface area contributed by atoms with Crippen molar-refractivity contribution in [3.8, 4) is 0 Å². The van der Waals surface area contributed by atoms with Gasteiger partial charge in [-0.3, -0.25) is 9.48 Å². The molecule has 1 atom stereocenters. The number of nitro groups is 1. The zero-order chi connectivity index (χ0) is 18.0. The fourth-order valence-electron chi connectivity index (χ4n) is 2.50. The quantitative estimate of drug-likeness (QED) is 0.584. The Morgan fingerprint density at radius 3 is 2.67 bits per heavy atom. The van der Waals surface area contributed by atoms with Crippen LogP contribution in [0.4, 0.5) is 5.82 Å². The van der Waals surface area contributed by atoms with Crippen LogP contribution in [0.5, 0.6) is 0 Å². The molecule has 0 aromatic carbocycles. The zero-order valence-electron chi connectivity index (χ0n) is 13.9. The molecule has 2 heterocycles. The molecular formula is C14H19ClN6O3. The molecule has 0 N–H and O–H groups in total. The fourth-order valence-corrected chi connectivity index (χ4v) is 2.72. The average Bonchev–Trinajstić information content (AvgIpc) is 3.06. The summed E-state index contributed by atoms with van der Waals surface area (Å²) in [7, 11) is 3.40. The van der Waals surface area contributed by atoms with E-state index in [1.165, 1.54) is 21.8 Å². The van der Waals surface area contributed by atoms with E-state index in [2.05, 4.69) is 10.2 Å². The highest BCUT2D eigenvalue weighted by molar-refractivity contribution is 6.31. The number of aromatic nitrogens is 4. The van der Waals surface area contributed by atoms with Crippen molar-refractivity contribution in [3.63, 3.8) is 0 Å². The van der Waals surface area contributed by atoms with E-state index in [-0.39, 0.29) is 18.3 Å². The number of hydrogen-bond acceptors (Lipinski definition) is 5. The Bertz CT molecular complexity index is 749. The molecule has 9 nitrogen and oxygen atoms in total. The highest BCUT2D eigenvalue weighted by Gasteiger charge is 2.29. The van der Waals surface area contributed by atoms with Gasteiger partial charge in [0.05, 0.1) is 40.3 Å². The van der Waals surface area contributed by atoms with Crippen LogP contribution in [-0.4, -0.2) is 42.3 Å². The first-order chi connectivity index (χ1) is 11.3. The summed E-state index contributed by atoms with van der Waals surface area (Å²) in [5.74, 6) is -0.466. The second kappa shape index (κ2) is 7.00. The number of carbonyl (C=O) groups excluding carboxylic acids is 1. The monoisotopic (exact) mass is 354 g/mol. The van der Waals surface area contributed by atoms with E-state index in [0.29, 0.717) is 22.8 Å². The van der Waals surface area contributed by atoms with Gasteiger partial charge in [-0.15, -0.1) is 0 Å². The van der Waals surface area contributed by atoms with E-state index < -0.39 is 11.0 Å². The topological polar surface area (TPSA) is 99.1 Å². The molecule has 0 aliphatic rings. The van der Waals surface area contributed by atoms with Crippen molar-refractivity contribution in [1.82, 2.24) is 24.5 Å². The second-order valence-electron chi connectivity index (χ2n) is 5.53. The summed E-state index contributed by atoms with van der Waals surface area (Å²) < 4.78 is 3.01. The number of aryl methyl sites for hydroxylation is 2. The summed E-state index contributed by atoms with van der Waals surface area (Å²) in [6, 6.07) is 0.740. The van der Waals surface area contributed by atoms with Crippen molar-refractivity contribution in [2.24, 2.45) is 7.05 Å². The lowest BCUT2D eigenvalue weighted by Crippen LogP contribution is -2.35. The Morgan fingerprint density at radius 1 is 1.54 bits per heavy atom. The second-order valence-corrected chi connectivity index (χ2v) is 5.93. The van der Waals surface area contributed by atoms with E-state index >= 15 is 0 Å². The van der Waals surface area contributed by atoms with Gasteiger partial charge in [-0.2, -0.15) is 9.78 Å². The van der Waals surface area contributed by atoms with Gasteiger partial charge in [0.25, 0.3) is 0 Å². The minimum Gasteiger partial charge on any atom is -0.358 e. The first-order valence-electron chi connectivity index (χ1n) is 7.38. The summed E-state index contributed by atoms with van der Waals surface area (Å²) in [4.78, 5) is 24.6. The van der Waals surface area contributed by atoms with Gasteiger partial charge in [0.1, 0.15) is 0 Å². The van der Waals surface area contributed by atoms with Crippen molar-refractivity contribution in [2.75, 3.05) is 7.05 Å². The Balaban J connectivity index is 2.24. The summed E-state index contributed by atoms with van der Waals surface area (Å²) in [5, 5.41) is 19.3. The smallest absolute Gasteiger partial charge is 0.358 e. The zero-order valence-corrected chi connectivity index (χ0v) is 14.7. The van der Waals surface area contributed by atoms with Gasteiger partial charge >= 0.3 is 5.82 Å². The first-order valence-corrected chi connectivity index (χ1v) is 7.75. The molecule has 2 aromatic heterocycles. The lowest BCUT2D eigenvalue weighted by atomic mass is 10.2. The minimum atomic E-state index is -0.615. The lowest BCUT2D eigenvalue weighted by molar-refractivity contribution is -0.389. The van der Waals surface area contributed by atoms with Crippen molar-refractivity contribution in [2.45, 2.75) is 32.9 Å². The van der Waals surface area contributed by atoms with E-state index in [9.17, 15) is 14.9 Å². The molecule has 24 heavy (non-hydrogen) atoms. The van der Waals surface area contributed by atoms with Crippen LogP contribution in [0.3, 0.4) is 0 Å². The number of halogens is 1. The van der Waals surface area contributed by atoms with Crippen LogP contribution in [0, 0.1) is 17.0 Å². The third-order valence-electron chi connectivity index (χ3n) is 3.84. The van der Waals surface area contributed by atoms with Gasteiger partial charge in [-0.1, -0.05) is 18.5 Å². The molecular weight excluding hydrogens is 336 g/mol. The van der Waals surface area contributed by atoms with Crippen LogP contribution in [0.2, 0.25) is 5.02 Å². The van der Waals surface area contributed by atoms with Crippen LogP contribution in [0.15, 0.2) is 12.3 Å². The Morgan fingerprint density at radius 2 is 2.21 bits per heavy atom. The molecule has 1 unspecified atom stereocenters. The number of rotatable bonds is 6. The number of carbonyl (C=O) groups is 1. The molecule has 2 rings (SSSR count). The standard InChI is InChI=1S/C14H19ClN6O3/c1-5-11(20-9(2)6-13(17-20)21(23)24)14(22)18(3)8-12-10(15)7-16-19(12)4/h6-7,11H,5,8H2,1-4H3. The third-order valence-corrected chi connectivity index (χ3v) is 4.15. The van der Waals surface area contributed by atoms with E-state index in [0.717, 1.165) is 0 Å². The van der Waals surface area contributed by atoms with Crippen molar-refractivity contribution in [3.05, 3.63) is 38.8 Å². The highest BCUT2D eigenvalue weighted by atomic mass is 35.5. The van der Waals surface area contributed by atoms with Crippen molar-refractivity contribution in [1.29, 1.82) is 0 Å². The van der Waals surface area contributed by atoms with Gasteiger partial charge in [-0.25, -0.2) is 0 Å². The Hall–Kier alpha value is -2.42. The van der Waals surface area contributed by atoms with Gasteiger partial charge in [0.15, 0.2) is 6.04 Å². The molecule has 1 amide bonds. The van der Waals surface area contributed by atoms with Gasteiger partial charge in [0.2, 0.25) is 5.91 Å². The van der Waals surface area contributed by atoms with Crippen LogP contribution in [0.25, 0.3) is 0 Å². The van der Waals surface area contributed by atoms with Gasteiger partial charge < -0.3 is 15.0 Å². The SMILES string of the molecule is CCC(C(=O)N(C)Cc1c(Cl)cnn1C)n1nc([N+](=O)[O-])cc1C. The van der Waals surface area contributed by atoms with Gasteiger partial charge in [0, 0.05) is 14.1 Å². The predicted octanol–water partition coefficient (Wildman–Crippen LogP) is 2.10. The predicted molar refractivity (Wildman–Crippen MR) is 87.6 cm³/mol. The maximum Gasteiger partial charge on any atom is 0.390 e. The van der Waals surface area contributed by atoms with E-state index in [4.69, 9.17) is 11.6 Å². The summed E-state index contributed by atoms with van der Waals surface area (Å²) >= 11 is 6.07. The van der Waals surface area contributed by atoms with E-state index in [1.54, 1.807) is 25.7 Å². The first kappa shape index (κ1) is 17.9. The molecule has 130 valence electrons. The van der Waals surface area contributed by atoms with E-state index in [1.807, 2.05) is 6.92 Å². The Labute approximate surface area is 144 Å². The molecule has 0 saturated carbocycles. The molecule has 0 saturated heterocycles. The Kier molecular flexibility index (Phi) is 5.23. The molecule has 0 spiro atoms. The van der Waals surface area contributed by atoms with Crippen LogP contribution < -0.4 is 0 Å². The normalized spacial score (nSPS) is 12.2. The number of hydrogen-bond donors (Lipinski definition) is 0. The molecule has 0 aliphatic heterocycles. The molecule has 0 fully saturated rings. The summed E-state index contributed by atoms with van der Waals surface area (Å²) in [5.41, 5.74) is 1.28. The number of nitrogens with zero attached hydrogens (tertiary/aromatic N) is 6. The summed E-state index contributed by atoms with van der Waals surface area (Å²) in [6.45, 7) is 3.81. The summed E-state index contributed by atoms with van der Waals surface area (Å²) in [6.07, 6.45) is 1.98. The number of amides is 1. The average molecular weight is 355 g/mol. The van der Waals surface area contributed by atoms with Crippen molar-refractivity contribution < 1.29 is 9.72 Å². The largest absolute Gasteiger partial charge is 0.390 e.